The molecule has 206 valence electrons. The normalized spacial score (nSPS) is 14.7. The molecule has 0 radical (unpaired) electrons. The lowest BCUT2D eigenvalue weighted by molar-refractivity contribution is -0.122. The number of nitrogens with one attached hydrogen (secondary N) is 1. The summed E-state index contributed by atoms with van der Waals surface area (Å²) in [7, 11) is -1.74. The first-order valence-electron chi connectivity index (χ1n) is 11.1. The molecule has 1 aliphatic heterocycles. The van der Waals surface area contributed by atoms with Gasteiger partial charge in [-0.2, -0.15) is 8.42 Å². The van der Waals surface area contributed by atoms with Gasteiger partial charge in [-0.05, 0) is 94.9 Å². The highest BCUT2D eigenvalue weighted by Gasteiger charge is 2.37. The van der Waals surface area contributed by atoms with Crippen molar-refractivity contribution in [3.63, 3.8) is 0 Å². The van der Waals surface area contributed by atoms with Crippen molar-refractivity contribution < 1.29 is 41.3 Å². The number of halogens is 2. The van der Waals surface area contributed by atoms with E-state index < -0.39 is 33.9 Å². The van der Waals surface area contributed by atoms with Crippen LogP contribution in [0.5, 0.6) is 11.5 Å². The lowest BCUT2D eigenvalue weighted by Gasteiger charge is -2.26. The van der Waals surface area contributed by atoms with Crippen LogP contribution in [-0.4, -0.2) is 46.5 Å². The van der Waals surface area contributed by atoms with Crippen LogP contribution in [0.25, 0.3) is 6.08 Å². The van der Waals surface area contributed by atoms with Crippen molar-refractivity contribution in [3.8, 4) is 11.5 Å². The molecule has 1 heterocycles. The molecule has 1 saturated heterocycles. The van der Waals surface area contributed by atoms with Gasteiger partial charge in [-0.25, -0.2) is 14.5 Å². The van der Waals surface area contributed by atoms with Crippen molar-refractivity contribution in [2.75, 3.05) is 19.1 Å². The molecule has 0 unspecified atom stereocenters. The first-order valence-corrected chi connectivity index (χ1v) is 14.0. The van der Waals surface area contributed by atoms with Gasteiger partial charge in [-0.3, -0.25) is 14.9 Å². The fourth-order valence-corrected chi connectivity index (χ4v) is 5.55. The van der Waals surface area contributed by atoms with Crippen LogP contribution in [0.2, 0.25) is 5.02 Å². The highest BCUT2D eigenvalue weighted by Crippen LogP contribution is 2.37. The van der Waals surface area contributed by atoms with Gasteiger partial charge in [0.1, 0.15) is 10.5 Å². The van der Waals surface area contributed by atoms with E-state index in [-0.39, 0.29) is 42.4 Å². The molecule has 4 rings (SSSR count). The number of amides is 4. The van der Waals surface area contributed by atoms with Crippen molar-refractivity contribution >= 4 is 79.9 Å². The van der Waals surface area contributed by atoms with Crippen LogP contribution in [0, 0.1) is 3.57 Å². The molecule has 4 amide bonds. The highest BCUT2D eigenvalue weighted by molar-refractivity contribution is 14.1. The SMILES string of the molecule is COC(=O)c1ccc(N2C(=O)NC(=O)/C(=C\c3cc(I)c(OS(=O)(=O)c4ccc(Cl)cc4)c(OC)c3)C2=O)cc1. The average Bonchev–Trinajstić information content (AvgIpc) is 2.92. The van der Waals surface area contributed by atoms with Crippen molar-refractivity contribution in [1.29, 1.82) is 0 Å². The Kier molecular flexibility index (Phi) is 8.46. The quantitative estimate of drug-likeness (QED) is 0.127. The minimum absolute atomic E-state index is 0.00582. The molecule has 0 aromatic heterocycles. The molecule has 0 saturated carbocycles. The van der Waals surface area contributed by atoms with E-state index >= 15 is 0 Å². The number of methoxy groups -OCH3 is 2. The fraction of sp³-hybridized carbons (Fsp3) is 0.0769. The van der Waals surface area contributed by atoms with Gasteiger partial charge in [0.25, 0.3) is 11.8 Å². The monoisotopic (exact) mass is 696 g/mol. The first kappa shape index (κ1) is 29.0. The molecule has 3 aromatic rings. The fourth-order valence-electron chi connectivity index (χ4n) is 3.59. The zero-order valence-corrected chi connectivity index (χ0v) is 24.4. The van der Waals surface area contributed by atoms with Gasteiger partial charge < -0.3 is 13.7 Å². The summed E-state index contributed by atoms with van der Waals surface area (Å²) in [4.78, 5) is 50.7. The molecular weight excluding hydrogens is 679 g/mol. The van der Waals surface area contributed by atoms with Crippen LogP contribution in [0.3, 0.4) is 0 Å². The Morgan fingerprint density at radius 1 is 1.00 bits per heavy atom. The molecule has 1 fully saturated rings. The van der Waals surface area contributed by atoms with E-state index in [2.05, 4.69) is 10.1 Å². The number of benzene rings is 3. The number of rotatable bonds is 7. The molecule has 0 aliphatic carbocycles. The Balaban J connectivity index is 1.67. The van der Waals surface area contributed by atoms with Crippen LogP contribution < -0.4 is 19.1 Å². The molecule has 3 aromatic carbocycles. The number of esters is 1. The number of carbonyl (C=O) groups is 4. The summed E-state index contributed by atoms with van der Waals surface area (Å²) in [5.74, 6) is -2.56. The number of hydrogen-bond acceptors (Lipinski definition) is 9. The van der Waals surface area contributed by atoms with Gasteiger partial charge in [0.2, 0.25) is 0 Å². The van der Waals surface area contributed by atoms with Crippen LogP contribution in [0.1, 0.15) is 15.9 Å². The Hall–Kier alpha value is -3.95. The van der Waals surface area contributed by atoms with Gasteiger partial charge >= 0.3 is 22.1 Å². The number of carbonyl (C=O) groups excluding carboxylic acids is 4. The lowest BCUT2D eigenvalue weighted by Crippen LogP contribution is -2.54. The molecule has 0 spiro atoms. The topological polar surface area (TPSA) is 145 Å². The molecule has 1 N–H and O–H groups in total. The average molecular weight is 697 g/mol. The zero-order chi connectivity index (χ0) is 29.2. The number of imide groups is 2. The lowest BCUT2D eigenvalue weighted by atomic mass is 10.1. The zero-order valence-electron chi connectivity index (χ0n) is 20.6. The second-order valence-corrected chi connectivity index (χ2v) is 11.2. The first-order chi connectivity index (χ1) is 18.9. The summed E-state index contributed by atoms with van der Waals surface area (Å²) in [6.45, 7) is 0. The number of hydrogen-bond donors (Lipinski definition) is 1. The van der Waals surface area contributed by atoms with Crippen LogP contribution in [0.4, 0.5) is 10.5 Å². The van der Waals surface area contributed by atoms with Crippen LogP contribution in [-0.2, 0) is 24.4 Å². The van der Waals surface area contributed by atoms with Crippen molar-refractivity contribution in [3.05, 3.63) is 86.0 Å². The van der Waals surface area contributed by atoms with E-state index in [1.54, 1.807) is 0 Å². The van der Waals surface area contributed by atoms with E-state index in [0.29, 0.717) is 5.02 Å². The standard InChI is InChI=1S/C26H18ClIN2O9S/c1-37-21-13-14(12-20(28)22(21)39-40(35,36)18-9-5-16(27)6-10-18)11-19-23(31)29-26(34)30(24(19)32)17-7-3-15(4-8-17)25(33)38-2/h3-13H,1-2H3,(H,29,31,34)/b19-11+. The Bertz CT molecular complexity index is 1670. The Morgan fingerprint density at radius 2 is 1.65 bits per heavy atom. The van der Waals surface area contributed by atoms with Crippen molar-refractivity contribution in [1.82, 2.24) is 5.32 Å². The number of urea groups is 1. The van der Waals surface area contributed by atoms with Gasteiger partial charge in [0, 0.05) is 5.02 Å². The summed E-state index contributed by atoms with van der Waals surface area (Å²) in [6, 6.07) is 12.7. The highest BCUT2D eigenvalue weighted by atomic mass is 127. The summed E-state index contributed by atoms with van der Waals surface area (Å²) in [5.41, 5.74) is 0.213. The smallest absolute Gasteiger partial charge is 0.339 e. The number of anilines is 1. The largest absolute Gasteiger partial charge is 0.493 e. The van der Waals surface area contributed by atoms with Crippen LogP contribution in [0.15, 0.2) is 71.1 Å². The van der Waals surface area contributed by atoms with E-state index in [4.69, 9.17) is 20.5 Å². The summed E-state index contributed by atoms with van der Waals surface area (Å²) >= 11 is 7.66. The van der Waals surface area contributed by atoms with E-state index in [9.17, 15) is 27.6 Å². The number of nitrogens with zero attached hydrogens (tertiary/aromatic N) is 1. The molecule has 0 bridgehead atoms. The Morgan fingerprint density at radius 3 is 2.25 bits per heavy atom. The van der Waals surface area contributed by atoms with Crippen molar-refractivity contribution in [2.24, 2.45) is 0 Å². The van der Waals surface area contributed by atoms with E-state index in [1.165, 1.54) is 81.0 Å². The van der Waals surface area contributed by atoms with Gasteiger partial charge in [-0.1, -0.05) is 11.6 Å². The molecular formula is C26H18ClIN2O9S. The van der Waals surface area contributed by atoms with E-state index in [0.717, 1.165) is 4.90 Å². The van der Waals surface area contributed by atoms with E-state index in [1.807, 2.05) is 22.6 Å². The predicted molar refractivity (Wildman–Crippen MR) is 152 cm³/mol. The predicted octanol–water partition coefficient (Wildman–Crippen LogP) is 4.17. The summed E-state index contributed by atoms with van der Waals surface area (Å²) < 4.78 is 41.2. The summed E-state index contributed by atoms with van der Waals surface area (Å²) in [5, 5.41) is 2.46. The summed E-state index contributed by atoms with van der Waals surface area (Å²) in [6.07, 6.45) is 1.22. The van der Waals surface area contributed by atoms with Crippen LogP contribution >= 0.6 is 34.2 Å². The maximum atomic E-state index is 13.2. The minimum Gasteiger partial charge on any atom is -0.493 e. The maximum absolute atomic E-state index is 13.2. The number of ether oxygens (including phenoxy) is 2. The van der Waals surface area contributed by atoms with Gasteiger partial charge in [-0.15, -0.1) is 0 Å². The molecule has 0 atom stereocenters. The van der Waals surface area contributed by atoms with Gasteiger partial charge in [0.05, 0.1) is 29.0 Å². The number of barbiturate groups is 1. The Labute approximate surface area is 246 Å². The van der Waals surface area contributed by atoms with Crippen molar-refractivity contribution in [2.45, 2.75) is 4.90 Å². The maximum Gasteiger partial charge on any atom is 0.339 e. The third-order valence-corrected chi connectivity index (χ3v) is 7.80. The third-order valence-electron chi connectivity index (χ3n) is 5.51. The molecule has 11 nitrogen and oxygen atoms in total. The molecule has 14 heteroatoms. The van der Waals surface area contributed by atoms with Gasteiger partial charge in [0.15, 0.2) is 11.5 Å². The second-order valence-electron chi connectivity index (χ2n) is 8.02. The second kappa shape index (κ2) is 11.7. The molecule has 40 heavy (non-hydrogen) atoms. The minimum atomic E-state index is -4.25. The third kappa shape index (κ3) is 5.95. The molecule has 1 aliphatic rings.